The van der Waals surface area contributed by atoms with Crippen LogP contribution in [0.25, 0.3) is 0 Å². The molecule has 1 aromatic rings. The first-order valence-corrected chi connectivity index (χ1v) is 7.26. The van der Waals surface area contributed by atoms with Gasteiger partial charge in [-0.05, 0) is 55.5 Å². The zero-order valence-corrected chi connectivity index (χ0v) is 12.1. The standard InChI is InChI=1S/C14H16N2O3S/c1-9-6-12(7-13(10(9)2)14(17)18)20(19)16-11-4-3-5-15-8-11/h3-7,15-16H,8H2,1-2H3,(H,17,18). The fourth-order valence-electron chi connectivity index (χ4n) is 1.86. The van der Waals surface area contributed by atoms with Crippen LogP contribution in [0, 0.1) is 13.8 Å². The van der Waals surface area contributed by atoms with Crippen LogP contribution in [0.5, 0.6) is 0 Å². The smallest absolute Gasteiger partial charge is 0.336 e. The summed E-state index contributed by atoms with van der Waals surface area (Å²) in [7, 11) is -1.48. The van der Waals surface area contributed by atoms with E-state index in [1.165, 1.54) is 6.07 Å². The van der Waals surface area contributed by atoms with Crippen molar-refractivity contribution in [2.75, 3.05) is 6.54 Å². The first-order chi connectivity index (χ1) is 9.49. The molecule has 0 aliphatic carbocycles. The average Bonchev–Trinajstić information content (AvgIpc) is 2.42. The van der Waals surface area contributed by atoms with Crippen molar-refractivity contribution in [1.82, 2.24) is 10.0 Å². The Morgan fingerprint density at radius 1 is 1.40 bits per heavy atom. The minimum absolute atomic E-state index is 0.186. The van der Waals surface area contributed by atoms with E-state index in [4.69, 9.17) is 5.11 Å². The maximum absolute atomic E-state index is 12.3. The van der Waals surface area contributed by atoms with Crippen LogP contribution in [-0.2, 0) is 11.0 Å². The lowest BCUT2D eigenvalue weighted by Crippen LogP contribution is -2.26. The van der Waals surface area contributed by atoms with E-state index >= 15 is 0 Å². The molecule has 0 radical (unpaired) electrons. The number of aromatic carboxylic acids is 1. The molecule has 106 valence electrons. The quantitative estimate of drug-likeness (QED) is 0.788. The van der Waals surface area contributed by atoms with Crippen LogP contribution in [0.2, 0.25) is 0 Å². The number of carboxylic acid groups (broad SMARTS) is 1. The zero-order valence-electron chi connectivity index (χ0n) is 11.3. The summed E-state index contributed by atoms with van der Waals surface area (Å²) >= 11 is 0. The van der Waals surface area contributed by atoms with E-state index < -0.39 is 17.0 Å². The van der Waals surface area contributed by atoms with Gasteiger partial charge in [0.05, 0.1) is 17.0 Å². The Kier molecular flexibility index (Phi) is 4.24. The second kappa shape index (κ2) is 5.92. The lowest BCUT2D eigenvalue weighted by atomic mass is 10.0. The fourth-order valence-corrected chi connectivity index (χ4v) is 2.87. The highest BCUT2D eigenvalue weighted by molar-refractivity contribution is 7.83. The van der Waals surface area contributed by atoms with E-state index in [2.05, 4.69) is 10.0 Å². The zero-order chi connectivity index (χ0) is 14.7. The van der Waals surface area contributed by atoms with Gasteiger partial charge in [-0.25, -0.2) is 9.00 Å². The normalized spacial score (nSPS) is 15.2. The van der Waals surface area contributed by atoms with Crippen molar-refractivity contribution in [3.05, 3.63) is 52.9 Å². The van der Waals surface area contributed by atoms with E-state index in [1.807, 2.05) is 19.1 Å². The van der Waals surface area contributed by atoms with Crippen LogP contribution >= 0.6 is 0 Å². The van der Waals surface area contributed by atoms with E-state index in [0.717, 1.165) is 11.3 Å². The molecular weight excluding hydrogens is 276 g/mol. The van der Waals surface area contributed by atoms with Gasteiger partial charge < -0.3 is 15.1 Å². The first-order valence-electron chi connectivity index (χ1n) is 6.11. The number of rotatable bonds is 4. The van der Waals surface area contributed by atoms with Crippen LogP contribution in [0.3, 0.4) is 0 Å². The second-order valence-electron chi connectivity index (χ2n) is 4.52. The molecule has 0 saturated carbocycles. The molecule has 6 heteroatoms. The third-order valence-corrected chi connectivity index (χ3v) is 4.22. The van der Waals surface area contributed by atoms with E-state index in [1.54, 1.807) is 19.2 Å². The number of aryl methyl sites for hydroxylation is 1. The molecule has 1 atom stereocenters. The maximum Gasteiger partial charge on any atom is 0.336 e. The highest BCUT2D eigenvalue weighted by atomic mass is 32.2. The van der Waals surface area contributed by atoms with Crippen molar-refractivity contribution in [2.24, 2.45) is 0 Å². The van der Waals surface area contributed by atoms with Gasteiger partial charge in [-0.2, -0.15) is 0 Å². The van der Waals surface area contributed by atoms with E-state index in [9.17, 15) is 9.00 Å². The molecule has 1 heterocycles. The van der Waals surface area contributed by atoms with Gasteiger partial charge in [-0.15, -0.1) is 0 Å². The predicted octanol–water partition coefficient (Wildman–Crippen LogP) is 1.61. The molecule has 0 aromatic heterocycles. The van der Waals surface area contributed by atoms with Crippen molar-refractivity contribution in [1.29, 1.82) is 0 Å². The van der Waals surface area contributed by atoms with Crippen molar-refractivity contribution >= 4 is 17.0 Å². The molecule has 1 aromatic carbocycles. The largest absolute Gasteiger partial charge is 0.478 e. The monoisotopic (exact) mass is 292 g/mol. The first kappa shape index (κ1) is 14.3. The minimum atomic E-state index is -1.48. The Balaban J connectivity index is 2.28. The van der Waals surface area contributed by atoms with Crippen LogP contribution in [0.1, 0.15) is 21.5 Å². The van der Waals surface area contributed by atoms with Crippen LogP contribution in [-0.4, -0.2) is 21.8 Å². The van der Waals surface area contributed by atoms with Gasteiger partial charge in [0.25, 0.3) is 0 Å². The third-order valence-electron chi connectivity index (χ3n) is 3.11. The average molecular weight is 292 g/mol. The molecule has 0 amide bonds. The van der Waals surface area contributed by atoms with Gasteiger partial charge in [0.1, 0.15) is 11.0 Å². The molecule has 0 fully saturated rings. The van der Waals surface area contributed by atoms with Gasteiger partial charge in [0.2, 0.25) is 0 Å². The number of allylic oxidation sites excluding steroid dienone is 2. The molecule has 5 nitrogen and oxygen atoms in total. The topological polar surface area (TPSA) is 78.4 Å². The minimum Gasteiger partial charge on any atom is -0.478 e. The number of hydrogen-bond donors (Lipinski definition) is 3. The number of carbonyl (C=O) groups is 1. The number of hydrogen-bond acceptors (Lipinski definition) is 3. The number of dihydropyridines is 1. The van der Waals surface area contributed by atoms with Crippen molar-refractivity contribution in [3.8, 4) is 0 Å². The van der Waals surface area contributed by atoms with Crippen LogP contribution in [0.4, 0.5) is 0 Å². The number of nitrogens with one attached hydrogen (secondary N) is 2. The molecule has 1 aliphatic heterocycles. The molecular formula is C14H16N2O3S. The Bertz CT molecular complexity index is 636. The van der Waals surface area contributed by atoms with Gasteiger partial charge in [-0.3, -0.25) is 0 Å². The van der Waals surface area contributed by atoms with Gasteiger partial charge in [-0.1, -0.05) is 0 Å². The maximum atomic E-state index is 12.3. The van der Waals surface area contributed by atoms with Crippen molar-refractivity contribution in [2.45, 2.75) is 18.7 Å². The summed E-state index contributed by atoms with van der Waals surface area (Å²) in [4.78, 5) is 11.6. The molecule has 1 unspecified atom stereocenters. The fraction of sp³-hybridized carbons (Fsp3) is 0.214. The summed E-state index contributed by atoms with van der Waals surface area (Å²) in [5.41, 5.74) is 2.48. The molecule has 2 rings (SSSR count). The lowest BCUT2D eigenvalue weighted by molar-refractivity contribution is 0.0695. The number of benzene rings is 1. The van der Waals surface area contributed by atoms with E-state index in [0.29, 0.717) is 17.0 Å². The van der Waals surface area contributed by atoms with Crippen LogP contribution in [0.15, 0.2) is 41.1 Å². The van der Waals surface area contributed by atoms with Gasteiger partial charge in [0, 0.05) is 5.70 Å². The summed E-state index contributed by atoms with van der Waals surface area (Å²) in [6.45, 7) is 4.13. The summed E-state index contributed by atoms with van der Waals surface area (Å²) in [5, 5.41) is 12.2. The van der Waals surface area contributed by atoms with Crippen LogP contribution < -0.4 is 10.0 Å². The Morgan fingerprint density at radius 3 is 2.75 bits per heavy atom. The molecule has 0 bridgehead atoms. The summed E-state index contributed by atoms with van der Waals surface area (Å²) in [6, 6.07) is 3.21. The molecule has 3 N–H and O–H groups in total. The van der Waals surface area contributed by atoms with Crippen molar-refractivity contribution in [3.63, 3.8) is 0 Å². The number of carboxylic acids is 1. The summed E-state index contributed by atoms with van der Waals surface area (Å²) in [6.07, 6.45) is 5.44. The summed E-state index contributed by atoms with van der Waals surface area (Å²) < 4.78 is 15.1. The highest BCUT2D eigenvalue weighted by Gasteiger charge is 2.14. The molecule has 0 saturated heterocycles. The molecule has 20 heavy (non-hydrogen) atoms. The predicted molar refractivity (Wildman–Crippen MR) is 77.6 cm³/mol. The second-order valence-corrected chi connectivity index (χ2v) is 5.73. The van der Waals surface area contributed by atoms with Gasteiger partial charge in [0.15, 0.2) is 0 Å². The summed E-state index contributed by atoms with van der Waals surface area (Å²) in [5.74, 6) is -1.01. The lowest BCUT2D eigenvalue weighted by Gasteiger charge is -2.14. The molecule has 1 aliphatic rings. The van der Waals surface area contributed by atoms with E-state index in [-0.39, 0.29) is 5.56 Å². The Morgan fingerprint density at radius 2 is 2.15 bits per heavy atom. The molecule has 0 spiro atoms. The highest BCUT2D eigenvalue weighted by Crippen LogP contribution is 2.19. The Hall–Kier alpha value is -2.08. The Labute approximate surface area is 120 Å². The SMILES string of the molecule is Cc1cc(S(=O)NC2=CC=CNC2)cc(C(=O)O)c1C. The van der Waals surface area contributed by atoms with Gasteiger partial charge >= 0.3 is 5.97 Å². The third kappa shape index (κ3) is 3.08. The van der Waals surface area contributed by atoms with Crippen molar-refractivity contribution < 1.29 is 14.1 Å².